The lowest BCUT2D eigenvalue weighted by Gasteiger charge is -2.35. The molecule has 0 unspecified atom stereocenters. The number of fused-ring (bicyclic) bond motifs is 1. The normalized spacial score (nSPS) is 15.7. The Kier molecular flexibility index (Phi) is 4.71. The summed E-state index contributed by atoms with van der Waals surface area (Å²) >= 11 is 0. The number of H-pyrrole nitrogens is 1. The van der Waals surface area contributed by atoms with E-state index in [0.29, 0.717) is 18.8 Å². The first-order valence-corrected chi connectivity index (χ1v) is 10.3. The number of sulfonamides is 1. The maximum absolute atomic E-state index is 14.0. The van der Waals surface area contributed by atoms with Crippen molar-refractivity contribution in [3.63, 3.8) is 0 Å². The summed E-state index contributed by atoms with van der Waals surface area (Å²) < 4.78 is 42.4. The number of benzene rings is 1. The van der Waals surface area contributed by atoms with Crippen LogP contribution in [0.15, 0.2) is 51.0 Å². The van der Waals surface area contributed by atoms with Gasteiger partial charge in [0.1, 0.15) is 16.4 Å². The van der Waals surface area contributed by atoms with E-state index in [1.165, 1.54) is 23.5 Å². The summed E-state index contributed by atoms with van der Waals surface area (Å²) in [5.41, 5.74) is -0.793. The van der Waals surface area contributed by atoms with Gasteiger partial charge in [0, 0.05) is 39.4 Å². The molecule has 1 aromatic carbocycles. The lowest BCUT2D eigenvalue weighted by molar-refractivity contribution is 0.383. The Morgan fingerprint density at radius 2 is 1.79 bits per heavy atom. The van der Waals surface area contributed by atoms with Crippen molar-refractivity contribution in [2.45, 2.75) is 4.90 Å². The summed E-state index contributed by atoms with van der Waals surface area (Å²) in [6.45, 7) is 0.989. The van der Waals surface area contributed by atoms with Crippen molar-refractivity contribution < 1.29 is 12.8 Å². The van der Waals surface area contributed by atoms with Crippen molar-refractivity contribution in [3.05, 3.63) is 63.2 Å². The second-order valence-corrected chi connectivity index (χ2v) is 8.64. The number of pyridine rings is 1. The molecule has 0 bridgehead atoms. The molecule has 1 aliphatic rings. The second kappa shape index (κ2) is 7.08. The maximum atomic E-state index is 14.0. The van der Waals surface area contributed by atoms with Crippen LogP contribution in [0.4, 0.5) is 10.1 Å². The smallest absolute Gasteiger partial charge is 0.329 e. The molecule has 3 heterocycles. The Hall–Kier alpha value is -3.05. The predicted molar refractivity (Wildman–Crippen MR) is 105 cm³/mol. The largest absolute Gasteiger partial charge is 0.367 e. The summed E-state index contributed by atoms with van der Waals surface area (Å²) in [7, 11) is -2.46. The molecule has 1 N–H and O–H groups in total. The summed E-state index contributed by atoms with van der Waals surface area (Å²) in [5, 5.41) is 0.0122. The summed E-state index contributed by atoms with van der Waals surface area (Å²) in [5.74, 6) is -0.354. The van der Waals surface area contributed by atoms with E-state index in [1.54, 1.807) is 23.1 Å². The fourth-order valence-corrected chi connectivity index (χ4v) is 4.78. The average molecular weight is 419 g/mol. The van der Waals surface area contributed by atoms with E-state index in [1.807, 2.05) is 0 Å². The van der Waals surface area contributed by atoms with Gasteiger partial charge in [-0.05, 0) is 18.2 Å². The van der Waals surface area contributed by atoms with E-state index in [-0.39, 0.29) is 34.8 Å². The van der Waals surface area contributed by atoms with E-state index < -0.39 is 21.3 Å². The first kappa shape index (κ1) is 19.3. The molecule has 2 aromatic heterocycles. The quantitative estimate of drug-likeness (QED) is 0.653. The lowest BCUT2D eigenvalue weighted by Crippen LogP contribution is -2.49. The zero-order valence-electron chi connectivity index (χ0n) is 15.5. The van der Waals surface area contributed by atoms with Gasteiger partial charge in [0.05, 0.1) is 11.1 Å². The van der Waals surface area contributed by atoms with Crippen LogP contribution in [0.25, 0.3) is 11.0 Å². The number of nitrogens with one attached hydrogen (secondary N) is 1. The Balaban J connectivity index is 1.62. The molecule has 0 radical (unpaired) electrons. The van der Waals surface area contributed by atoms with Crippen LogP contribution < -0.4 is 16.1 Å². The highest BCUT2D eigenvalue weighted by atomic mass is 32.2. The fourth-order valence-electron chi connectivity index (χ4n) is 3.38. The Bertz CT molecular complexity index is 1310. The number of rotatable bonds is 3. The SMILES string of the molecule is Cn1c(=O)[nH]c(=O)c2cc(S(=O)(=O)N3CCN(c4ccccc4F)CC3)cnc21. The number of aryl methyl sites for hydroxylation is 1. The molecule has 29 heavy (non-hydrogen) atoms. The topological polar surface area (TPSA) is 108 Å². The van der Waals surface area contributed by atoms with E-state index in [9.17, 15) is 22.4 Å². The number of para-hydroxylation sites is 1. The van der Waals surface area contributed by atoms with E-state index in [0.717, 1.165) is 10.8 Å². The van der Waals surface area contributed by atoms with Crippen LogP contribution in [-0.4, -0.2) is 53.4 Å². The van der Waals surface area contributed by atoms with Gasteiger partial charge in [-0.1, -0.05) is 12.1 Å². The van der Waals surface area contributed by atoms with Crippen LogP contribution in [0, 0.1) is 5.82 Å². The molecule has 1 fully saturated rings. The van der Waals surface area contributed by atoms with Gasteiger partial charge in [-0.15, -0.1) is 0 Å². The molecule has 1 saturated heterocycles. The molecule has 0 spiro atoms. The molecule has 9 nitrogen and oxygen atoms in total. The van der Waals surface area contributed by atoms with Gasteiger partial charge in [0.2, 0.25) is 10.0 Å². The van der Waals surface area contributed by atoms with Crippen molar-refractivity contribution >= 4 is 26.7 Å². The van der Waals surface area contributed by atoms with Gasteiger partial charge in [0.15, 0.2) is 0 Å². The van der Waals surface area contributed by atoms with Crippen molar-refractivity contribution in [3.8, 4) is 0 Å². The maximum Gasteiger partial charge on any atom is 0.329 e. The minimum Gasteiger partial charge on any atom is -0.367 e. The van der Waals surface area contributed by atoms with Gasteiger partial charge >= 0.3 is 5.69 Å². The Morgan fingerprint density at radius 3 is 2.48 bits per heavy atom. The first-order chi connectivity index (χ1) is 13.8. The average Bonchev–Trinajstić information content (AvgIpc) is 2.72. The number of hydrogen-bond acceptors (Lipinski definition) is 6. The molecule has 1 aliphatic heterocycles. The summed E-state index contributed by atoms with van der Waals surface area (Å²) in [6, 6.07) is 7.57. The second-order valence-electron chi connectivity index (χ2n) is 6.70. The number of aromatic nitrogens is 3. The third-order valence-corrected chi connectivity index (χ3v) is 6.86. The van der Waals surface area contributed by atoms with Crippen LogP contribution in [0.5, 0.6) is 0 Å². The van der Waals surface area contributed by atoms with Crippen molar-refractivity contribution in [2.75, 3.05) is 31.1 Å². The number of piperazine rings is 1. The van der Waals surface area contributed by atoms with Gasteiger partial charge in [-0.2, -0.15) is 4.31 Å². The highest BCUT2D eigenvalue weighted by Gasteiger charge is 2.30. The highest BCUT2D eigenvalue weighted by Crippen LogP contribution is 2.23. The molecular weight excluding hydrogens is 401 g/mol. The van der Waals surface area contributed by atoms with Crippen molar-refractivity contribution in [1.82, 2.24) is 18.8 Å². The molecule has 0 amide bonds. The third kappa shape index (κ3) is 3.32. The van der Waals surface area contributed by atoms with Gasteiger partial charge in [0.25, 0.3) is 5.56 Å². The fraction of sp³-hybridized carbons (Fsp3) is 0.278. The monoisotopic (exact) mass is 419 g/mol. The van der Waals surface area contributed by atoms with Gasteiger partial charge < -0.3 is 4.90 Å². The molecular formula is C18H18FN5O4S. The molecule has 4 rings (SSSR count). The number of halogens is 1. The zero-order valence-corrected chi connectivity index (χ0v) is 16.3. The van der Waals surface area contributed by atoms with Crippen LogP contribution >= 0.6 is 0 Å². The van der Waals surface area contributed by atoms with Crippen LogP contribution in [0.3, 0.4) is 0 Å². The third-order valence-electron chi connectivity index (χ3n) is 5.00. The van der Waals surface area contributed by atoms with Crippen molar-refractivity contribution in [2.24, 2.45) is 7.05 Å². The minimum absolute atomic E-state index is 0.0122. The first-order valence-electron chi connectivity index (χ1n) is 8.88. The summed E-state index contributed by atoms with van der Waals surface area (Å²) in [4.78, 5) is 31.5. The molecule has 3 aromatic rings. The molecule has 0 aliphatic carbocycles. The molecule has 11 heteroatoms. The summed E-state index contributed by atoms with van der Waals surface area (Å²) in [6.07, 6.45) is 1.14. The number of anilines is 1. The number of hydrogen-bond donors (Lipinski definition) is 1. The van der Waals surface area contributed by atoms with Crippen LogP contribution in [0.1, 0.15) is 0 Å². The number of nitrogens with zero attached hydrogens (tertiary/aromatic N) is 4. The van der Waals surface area contributed by atoms with Gasteiger partial charge in [-0.3, -0.25) is 14.3 Å². The zero-order chi connectivity index (χ0) is 20.8. The molecule has 152 valence electrons. The number of aromatic amines is 1. The highest BCUT2D eigenvalue weighted by molar-refractivity contribution is 7.89. The molecule has 0 saturated carbocycles. The van der Waals surface area contributed by atoms with Crippen LogP contribution in [-0.2, 0) is 17.1 Å². The predicted octanol–water partition coefficient (Wildman–Crippen LogP) is 0.272. The van der Waals surface area contributed by atoms with Gasteiger partial charge in [-0.25, -0.2) is 22.6 Å². The standard InChI is InChI=1S/C18H18FN5O4S/c1-22-16-13(17(25)21-18(22)26)10-12(11-20-16)29(27,28)24-8-6-23(7-9-24)15-5-3-2-4-14(15)19/h2-5,10-11H,6-9H2,1H3,(H,21,25,26). The van der Waals surface area contributed by atoms with E-state index in [2.05, 4.69) is 9.97 Å². The Morgan fingerprint density at radius 1 is 1.10 bits per heavy atom. The minimum atomic E-state index is -3.90. The van der Waals surface area contributed by atoms with E-state index in [4.69, 9.17) is 0 Å². The Labute approximate surface area is 165 Å². The van der Waals surface area contributed by atoms with Crippen LogP contribution in [0.2, 0.25) is 0 Å². The lowest BCUT2D eigenvalue weighted by atomic mass is 10.2. The van der Waals surface area contributed by atoms with Crippen molar-refractivity contribution in [1.29, 1.82) is 0 Å². The molecule has 0 atom stereocenters. The van der Waals surface area contributed by atoms with E-state index >= 15 is 0 Å².